The van der Waals surface area contributed by atoms with Crippen LogP contribution in [-0.2, 0) is 6.54 Å². The Kier molecular flexibility index (Phi) is 3.12. The van der Waals surface area contributed by atoms with Gasteiger partial charge in [0.2, 0.25) is 0 Å². The lowest BCUT2D eigenvalue weighted by Gasteiger charge is -2.04. The third-order valence-corrected chi connectivity index (χ3v) is 2.41. The topological polar surface area (TPSA) is 30.7 Å². The number of aromatic nitrogens is 3. The van der Waals surface area contributed by atoms with Crippen molar-refractivity contribution in [2.24, 2.45) is 0 Å². The van der Waals surface area contributed by atoms with E-state index in [1.807, 2.05) is 29.1 Å². The minimum absolute atomic E-state index is 0.945. The van der Waals surface area contributed by atoms with Crippen LogP contribution in [0.25, 0.3) is 11.3 Å². The van der Waals surface area contributed by atoms with E-state index in [0.29, 0.717) is 0 Å². The second-order valence-corrected chi connectivity index (χ2v) is 3.56. The molecule has 0 aliphatic rings. The fourth-order valence-corrected chi connectivity index (χ4v) is 1.56. The second-order valence-electron chi connectivity index (χ2n) is 3.56. The standard InChI is InChI=1S/C12H15N3/c1-2-3-9-15-12(10-13-14-15)11-7-5-4-6-8-11/h4-8,10H,2-3,9H2,1H3. The zero-order valence-corrected chi connectivity index (χ0v) is 8.93. The van der Waals surface area contributed by atoms with Crippen LogP contribution >= 0.6 is 0 Å². The van der Waals surface area contributed by atoms with E-state index < -0.39 is 0 Å². The molecule has 78 valence electrons. The van der Waals surface area contributed by atoms with Gasteiger partial charge in [0.05, 0.1) is 11.9 Å². The second kappa shape index (κ2) is 4.73. The molecular weight excluding hydrogens is 186 g/mol. The highest BCUT2D eigenvalue weighted by atomic mass is 15.4. The molecule has 0 amide bonds. The number of hydrogen-bond donors (Lipinski definition) is 0. The van der Waals surface area contributed by atoms with Crippen molar-refractivity contribution in [2.75, 3.05) is 0 Å². The number of rotatable bonds is 4. The van der Waals surface area contributed by atoms with Crippen LogP contribution in [0.5, 0.6) is 0 Å². The molecule has 0 aliphatic heterocycles. The van der Waals surface area contributed by atoms with Crippen molar-refractivity contribution in [3.05, 3.63) is 36.5 Å². The fourth-order valence-electron chi connectivity index (χ4n) is 1.56. The molecule has 3 heteroatoms. The van der Waals surface area contributed by atoms with Gasteiger partial charge in [-0.2, -0.15) is 0 Å². The third-order valence-electron chi connectivity index (χ3n) is 2.41. The summed E-state index contributed by atoms with van der Waals surface area (Å²) in [5.74, 6) is 0. The molecule has 0 radical (unpaired) electrons. The van der Waals surface area contributed by atoms with Gasteiger partial charge >= 0.3 is 0 Å². The summed E-state index contributed by atoms with van der Waals surface area (Å²) in [5.41, 5.74) is 2.28. The first-order valence-electron chi connectivity index (χ1n) is 5.35. The van der Waals surface area contributed by atoms with Gasteiger partial charge in [-0.25, -0.2) is 4.68 Å². The summed E-state index contributed by atoms with van der Waals surface area (Å²) < 4.78 is 1.97. The summed E-state index contributed by atoms with van der Waals surface area (Å²) in [6, 6.07) is 10.3. The molecule has 0 bridgehead atoms. The highest BCUT2D eigenvalue weighted by molar-refractivity contribution is 5.57. The number of hydrogen-bond acceptors (Lipinski definition) is 2. The Hall–Kier alpha value is -1.64. The number of nitrogens with zero attached hydrogens (tertiary/aromatic N) is 3. The summed E-state index contributed by atoms with van der Waals surface area (Å²) in [6.07, 6.45) is 4.14. The number of unbranched alkanes of at least 4 members (excludes halogenated alkanes) is 1. The molecule has 2 aromatic rings. The van der Waals surface area contributed by atoms with E-state index in [4.69, 9.17) is 0 Å². The van der Waals surface area contributed by atoms with E-state index in [1.54, 1.807) is 0 Å². The highest BCUT2D eigenvalue weighted by Crippen LogP contribution is 2.17. The van der Waals surface area contributed by atoms with E-state index in [2.05, 4.69) is 29.4 Å². The van der Waals surface area contributed by atoms with Crippen LogP contribution < -0.4 is 0 Å². The Morgan fingerprint density at radius 1 is 1.20 bits per heavy atom. The Balaban J connectivity index is 2.25. The molecule has 0 atom stereocenters. The summed E-state index contributed by atoms with van der Waals surface area (Å²) in [6.45, 7) is 3.12. The monoisotopic (exact) mass is 201 g/mol. The molecular formula is C12H15N3. The van der Waals surface area contributed by atoms with Gasteiger partial charge in [-0.15, -0.1) is 5.10 Å². The maximum atomic E-state index is 4.10. The molecule has 0 saturated heterocycles. The minimum Gasteiger partial charge on any atom is -0.245 e. The molecule has 0 spiro atoms. The van der Waals surface area contributed by atoms with Crippen LogP contribution in [0.15, 0.2) is 36.5 Å². The average Bonchev–Trinajstić information content (AvgIpc) is 2.75. The largest absolute Gasteiger partial charge is 0.245 e. The zero-order chi connectivity index (χ0) is 10.5. The molecule has 3 nitrogen and oxygen atoms in total. The zero-order valence-electron chi connectivity index (χ0n) is 8.93. The number of aryl methyl sites for hydroxylation is 1. The highest BCUT2D eigenvalue weighted by Gasteiger charge is 2.04. The van der Waals surface area contributed by atoms with Crippen molar-refractivity contribution in [1.29, 1.82) is 0 Å². The first kappa shape index (κ1) is 9.90. The van der Waals surface area contributed by atoms with E-state index in [9.17, 15) is 0 Å². The number of benzene rings is 1. The average molecular weight is 201 g/mol. The third kappa shape index (κ3) is 2.24. The molecule has 1 aromatic carbocycles. The van der Waals surface area contributed by atoms with Crippen molar-refractivity contribution in [2.45, 2.75) is 26.3 Å². The van der Waals surface area contributed by atoms with Gasteiger partial charge in [-0.3, -0.25) is 0 Å². The Morgan fingerprint density at radius 2 is 2.00 bits per heavy atom. The van der Waals surface area contributed by atoms with Crippen LogP contribution in [0.1, 0.15) is 19.8 Å². The van der Waals surface area contributed by atoms with Gasteiger partial charge in [-0.05, 0) is 6.42 Å². The SMILES string of the molecule is CCCCn1nncc1-c1ccccc1. The smallest absolute Gasteiger partial charge is 0.0885 e. The predicted octanol–water partition coefficient (Wildman–Crippen LogP) is 2.75. The van der Waals surface area contributed by atoms with Gasteiger partial charge in [0.15, 0.2) is 0 Å². The predicted molar refractivity (Wildman–Crippen MR) is 60.4 cm³/mol. The minimum atomic E-state index is 0.945. The molecule has 0 N–H and O–H groups in total. The Morgan fingerprint density at radius 3 is 2.73 bits per heavy atom. The van der Waals surface area contributed by atoms with Crippen LogP contribution in [0.2, 0.25) is 0 Å². The van der Waals surface area contributed by atoms with E-state index in [1.165, 1.54) is 12.0 Å². The van der Waals surface area contributed by atoms with Crippen molar-refractivity contribution < 1.29 is 0 Å². The summed E-state index contributed by atoms with van der Waals surface area (Å²) in [7, 11) is 0. The van der Waals surface area contributed by atoms with Crippen molar-refractivity contribution in [1.82, 2.24) is 15.0 Å². The van der Waals surface area contributed by atoms with Gasteiger partial charge in [0.25, 0.3) is 0 Å². The molecule has 0 fully saturated rings. The first-order chi connectivity index (χ1) is 7.42. The Labute approximate surface area is 89.7 Å². The van der Waals surface area contributed by atoms with E-state index in [-0.39, 0.29) is 0 Å². The summed E-state index contributed by atoms with van der Waals surface area (Å²) in [5, 5.41) is 8.06. The normalized spacial score (nSPS) is 10.5. The van der Waals surface area contributed by atoms with Crippen LogP contribution in [0.4, 0.5) is 0 Å². The van der Waals surface area contributed by atoms with Gasteiger partial charge in [0.1, 0.15) is 0 Å². The lowest BCUT2D eigenvalue weighted by Crippen LogP contribution is -2.02. The van der Waals surface area contributed by atoms with Crippen LogP contribution in [0.3, 0.4) is 0 Å². The molecule has 0 saturated carbocycles. The first-order valence-corrected chi connectivity index (χ1v) is 5.35. The van der Waals surface area contributed by atoms with Crippen molar-refractivity contribution >= 4 is 0 Å². The van der Waals surface area contributed by atoms with Gasteiger partial charge in [0, 0.05) is 12.1 Å². The maximum absolute atomic E-state index is 4.10. The lowest BCUT2D eigenvalue weighted by molar-refractivity contribution is 0.557. The molecule has 15 heavy (non-hydrogen) atoms. The molecule has 0 aliphatic carbocycles. The van der Waals surface area contributed by atoms with Crippen molar-refractivity contribution in [3.63, 3.8) is 0 Å². The van der Waals surface area contributed by atoms with Gasteiger partial charge in [-0.1, -0.05) is 48.9 Å². The van der Waals surface area contributed by atoms with E-state index >= 15 is 0 Å². The lowest BCUT2D eigenvalue weighted by atomic mass is 10.2. The molecule has 1 heterocycles. The Bertz CT molecular complexity index is 406. The molecule has 2 rings (SSSR count). The fraction of sp³-hybridized carbons (Fsp3) is 0.333. The van der Waals surface area contributed by atoms with E-state index in [0.717, 1.165) is 18.7 Å². The molecule has 1 aromatic heterocycles. The van der Waals surface area contributed by atoms with Crippen LogP contribution in [0, 0.1) is 0 Å². The van der Waals surface area contributed by atoms with Crippen molar-refractivity contribution in [3.8, 4) is 11.3 Å². The summed E-state index contributed by atoms with van der Waals surface area (Å²) >= 11 is 0. The summed E-state index contributed by atoms with van der Waals surface area (Å²) in [4.78, 5) is 0. The van der Waals surface area contributed by atoms with Crippen LogP contribution in [-0.4, -0.2) is 15.0 Å². The quantitative estimate of drug-likeness (QED) is 0.761. The maximum Gasteiger partial charge on any atom is 0.0885 e. The van der Waals surface area contributed by atoms with Gasteiger partial charge < -0.3 is 0 Å². The molecule has 0 unspecified atom stereocenters.